The van der Waals surface area contributed by atoms with Crippen LogP contribution in [0.2, 0.25) is 0 Å². The van der Waals surface area contributed by atoms with Gasteiger partial charge in [0.2, 0.25) is 0 Å². The smallest absolute Gasteiger partial charge is 0.153 e. The monoisotopic (exact) mass is 232 g/mol. The highest BCUT2D eigenvalue weighted by molar-refractivity contribution is 5.85. The van der Waals surface area contributed by atoms with Gasteiger partial charge in [0, 0.05) is 11.6 Å². The van der Waals surface area contributed by atoms with Crippen LogP contribution >= 0.6 is 0 Å². The van der Waals surface area contributed by atoms with Crippen molar-refractivity contribution >= 4 is 6.29 Å². The van der Waals surface area contributed by atoms with Gasteiger partial charge in [0.25, 0.3) is 0 Å². The molecule has 2 aromatic carbocycles. The summed E-state index contributed by atoms with van der Waals surface area (Å²) in [5.41, 5.74) is 0.722. The fraction of sp³-hybridized carbons (Fsp3) is 0. The van der Waals surface area contributed by atoms with Crippen LogP contribution in [0, 0.1) is 5.82 Å². The molecule has 3 nitrogen and oxygen atoms in total. The molecule has 4 heteroatoms. The van der Waals surface area contributed by atoms with Crippen molar-refractivity contribution in [1.82, 2.24) is 0 Å². The van der Waals surface area contributed by atoms with Crippen molar-refractivity contribution in [3.8, 4) is 22.6 Å². The molecule has 0 amide bonds. The lowest BCUT2D eigenvalue weighted by molar-refractivity contribution is 0.112. The van der Waals surface area contributed by atoms with E-state index in [0.717, 1.165) is 6.07 Å². The van der Waals surface area contributed by atoms with Crippen LogP contribution in [-0.4, -0.2) is 16.5 Å². The van der Waals surface area contributed by atoms with E-state index in [1.165, 1.54) is 24.3 Å². The Kier molecular flexibility index (Phi) is 2.78. The molecule has 0 unspecified atom stereocenters. The van der Waals surface area contributed by atoms with Crippen molar-refractivity contribution in [2.24, 2.45) is 0 Å². The Morgan fingerprint density at radius 1 is 1.12 bits per heavy atom. The quantitative estimate of drug-likeness (QED) is 0.782. The van der Waals surface area contributed by atoms with E-state index in [4.69, 9.17) is 0 Å². The fourth-order valence-corrected chi connectivity index (χ4v) is 1.62. The van der Waals surface area contributed by atoms with E-state index < -0.39 is 5.82 Å². The van der Waals surface area contributed by atoms with Crippen LogP contribution in [0.4, 0.5) is 4.39 Å². The maximum absolute atomic E-state index is 13.1. The second-order valence-corrected chi connectivity index (χ2v) is 3.56. The van der Waals surface area contributed by atoms with Crippen LogP contribution in [0.3, 0.4) is 0 Å². The lowest BCUT2D eigenvalue weighted by Crippen LogP contribution is -1.86. The second-order valence-electron chi connectivity index (χ2n) is 3.56. The van der Waals surface area contributed by atoms with Gasteiger partial charge < -0.3 is 10.2 Å². The van der Waals surface area contributed by atoms with E-state index in [-0.39, 0.29) is 17.1 Å². The Balaban J connectivity index is 2.64. The first-order valence-electron chi connectivity index (χ1n) is 4.89. The van der Waals surface area contributed by atoms with Gasteiger partial charge in [0.1, 0.15) is 17.3 Å². The van der Waals surface area contributed by atoms with Gasteiger partial charge in [-0.15, -0.1) is 0 Å². The third kappa shape index (κ3) is 2.10. The molecule has 0 aliphatic carbocycles. The van der Waals surface area contributed by atoms with Crippen LogP contribution < -0.4 is 0 Å². The number of rotatable bonds is 2. The van der Waals surface area contributed by atoms with Crippen LogP contribution in [0.15, 0.2) is 36.4 Å². The number of aldehydes is 1. The van der Waals surface area contributed by atoms with E-state index in [2.05, 4.69) is 0 Å². The Bertz CT molecular complexity index is 559. The van der Waals surface area contributed by atoms with Gasteiger partial charge in [-0.05, 0) is 23.8 Å². The average molecular weight is 232 g/mol. The molecule has 0 saturated carbocycles. The summed E-state index contributed by atoms with van der Waals surface area (Å²) in [6.07, 6.45) is 0.512. The molecule has 0 saturated heterocycles. The number of halogens is 1. The molecule has 0 aromatic heterocycles. The van der Waals surface area contributed by atoms with Crippen molar-refractivity contribution in [3.63, 3.8) is 0 Å². The van der Waals surface area contributed by atoms with Crippen molar-refractivity contribution in [2.75, 3.05) is 0 Å². The number of hydrogen-bond donors (Lipinski definition) is 2. The molecular weight excluding hydrogens is 223 g/mol. The van der Waals surface area contributed by atoms with Crippen LogP contribution in [-0.2, 0) is 0 Å². The van der Waals surface area contributed by atoms with E-state index in [0.29, 0.717) is 17.4 Å². The van der Waals surface area contributed by atoms with Crippen molar-refractivity contribution < 1.29 is 19.4 Å². The molecule has 2 N–H and O–H groups in total. The Labute approximate surface area is 96.8 Å². The third-order valence-electron chi connectivity index (χ3n) is 2.39. The van der Waals surface area contributed by atoms with Gasteiger partial charge >= 0.3 is 0 Å². The first-order valence-corrected chi connectivity index (χ1v) is 4.89. The molecule has 2 aromatic rings. The summed E-state index contributed by atoms with van der Waals surface area (Å²) >= 11 is 0. The number of benzene rings is 2. The van der Waals surface area contributed by atoms with Gasteiger partial charge in [-0.1, -0.05) is 12.1 Å². The molecule has 86 valence electrons. The predicted molar refractivity (Wildman–Crippen MR) is 60.6 cm³/mol. The summed E-state index contributed by atoms with van der Waals surface area (Å²) < 4.78 is 13.1. The molecule has 0 atom stereocenters. The van der Waals surface area contributed by atoms with Crippen LogP contribution in [0.1, 0.15) is 10.4 Å². The van der Waals surface area contributed by atoms with Crippen LogP contribution in [0.25, 0.3) is 11.1 Å². The van der Waals surface area contributed by atoms with E-state index in [1.807, 2.05) is 0 Å². The van der Waals surface area contributed by atoms with Crippen molar-refractivity contribution in [2.45, 2.75) is 0 Å². The van der Waals surface area contributed by atoms with Gasteiger partial charge in [-0.3, -0.25) is 4.79 Å². The zero-order valence-corrected chi connectivity index (χ0v) is 8.72. The van der Waals surface area contributed by atoms with Gasteiger partial charge in [0.15, 0.2) is 6.29 Å². The molecular formula is C13H9FO3. The van der Waals surface area contributed by atoms with Gasteiger partial charge in [0.05, 0.1) is 5.56 Å². The summed E-state index contributed by atoms with van der Waals surface area (Å²) in [6.45, 7) is 0. The van der Waals surface area contributed by atoms with Crippen molar-refractivity contribution in [1.29, 1.82) is 0 Å². The molecule has 0 radical (unpaired) electrons. The molecule has 17 heavy (non-hydrogen) atoms. The molecule has 0 spiro atoms. The highest BCUT2D eigenvalue weighted by Crippen LogP contribution is 2.33. The number of carbonyl (C=O) groups excluding carboxylic acids is 1. The fourth-order valence-electron chi connectivity index (χ4n) is 1.62. The standard InChI is InChI=1S/C13H9FO3/c14-10-4-9(5-11(16)6-10)12-3-1-2-8(7-15)13(12)17/h1-7,16-17H. The number of hydrogen-bond acceptors (Lipinski definition) is 3. The largest absolute Gasteiger partial charge is 0.508 e. The van der Waals surface area contributed by atoms with Gasteiger partial charge in [-0.2, -0.15) is 0 Å². The number of para-hydroxylation sites is 1. The summed E-state index contributed by atoms with van der Waals surface area (Å²) in [6, 6.07) is 8.00. The maximum atomic E-state index is 13.1. The number of phenolic OH excluding ortho intramolecular Hbond substituents is 2. The number of carbonyl (C=O) groups is 1. The summed E-state index contributed by atoms with van der Waals surface area (Å²) in [4.78, 5) is 10.7. The first kappa shape index (κ1) is 11.1. The highest BCUT2D eigenvalue weighted by atomic mass is 19.1. The minimum absolute atomic E-state index is 0.117. The Morgan fingerprint density at radius 2 is 1.88 bits per heavy atom. The number of aromatic hydroxyl groups is 2. The zero-order valence-electron chi connectivity index (χ0n) is 8.72. The summed E-state index contributed by atoms with van der Waals surface area (Å²) in [7, 11) is 0. The van der Waals surface area contributed by atoms with E-state index in [1.54, 1.807) is 6.07 Å². The zero-order chi connectivity index (χ0) is 12.4. The summed E-state index contributed by atoms with van der Waals surface area (Å²) in [5, 5.41) is 19.1. The van der Waals surface area contributed by atoms with Crippen molar-refractivity contribution in [3.05, 3.63) is 47.8 Å². The third-order valence-corrected chi connectivity index (χ3v) is 2.39. The molecule has 0 heterocycles. The lowest BCUT2D eigenvalue weighted by Gasteiger charge is -2.07. The minimum atomic E-state index is -0.615. The van der Waals surface area contributed by atoms with E-state index in [9.17, 15) is 19.4 Å². The normalized spacial score (nSPS) is 10.2. The van der Waals surface area contributed by atoms with Crippen LogP contribution in [0.5, 0.6) is 11.5 Å². The molecule has 0 aliphatic heterocycles. The molecule has 2 rings (SSSR count). The number of phenols is 2. The molecule has 0 fully saturated rings. The maximum Gasteiger partial charge on any atom is 0.153 e. The second kappa shape index (κ2) is 4.25. The van der Waals surface area contributed by atoms with Gasteiger partial charge in [-0.25, -0.2) is 4.39 Å². The highest BCUT2D eigenvalue weighted by Gasteiger charge is 2.10. The average Bonchev–Trinajstić information content (AvgIpc) is 2.28. The Hall–Kier alpha value is -2.36. The lowest BCUT2D eigenvalue weighted by atomic mass is 10.0. The SMILES string of the molecule is O=Cc1cccc(-c2cc(O)cc(F)c2)c1O. The molecule has 0 bridgehead atoms. The Morgan fingerprint density at radius 3 is 2.53 bits per heavy atom. The minimum Gasteiger partial charge on any atom is -0.508 e. The predicted octanol–water partition coefficient (Wildman–Crippen LogP) is 2.72. The topological polar surface area (TPSA) is 57.5 Å². The van der Waals surface area contributed by atoms with E-state index >= 15 is 0 Å². The first-order chi connectivity index (χ1) is 8.11. The molecule has 0 aliphatic rings. The summed E-state index contributed by atoms with van der Waals surface area (Å²) in [5.74, 6) is -1.08.